The van der Waals surface area contributed by atoms with Crippen LogP contribution in [0.3, 0.4) is 0 Å². The van der Waals surface area contributed by atoms with E-state index in [1.165, 1.54) is 18.2 Å². The number of ether oxygens (including phenoxy) is 1. The van der Waals surface area contributed by atoms with Gasteiger partial charge in [0.1, 0.15) is 11.1 Å². The van der Waals surface area contributed by atoms with E-state index in [0.29, 0.717) is 13.0 Å². The highest BCUT2D eigenvalue weighted by Gasteiger charge is 2.45. The van der Waals surface area contributed by atoms with Crippen molar-refractivity contribution in [2.45, 2.75) is 24.1 Å². The minimum absolute atomic E-state index is 0.0890. The Morgan fingerprint density at radius 2 is 2.22 bits per heavy atom. The van der Waals surface area contributed by atoms with E-state index in [4.69, 9.17) is 16.3 Å². The maximum atomic E-state index is 13.9. The summed E-state index contributed by atoms with van der Waals surface area (Å²) in [6.45, 7) is 0.659. The van der Waals surface area contributed by atoms with Gasteiger partial charge in [0.15, 0.2) is 9.84 Å². The molecular formula is C15H17ClFNO4S. The smallest absolute Gasteiger partial charge is 0.227 e. The molecule has 23 heavy (non-hydrogen) atoms. The van der Waals surface area contributed by atoms with E-state index in [0.717, 1.165) is 0 Å². The van der Waals surface area contributed by atoms with Crippen molar-refractivity contribution in [2.24, 2.45) is 0 Å². The normalized spacial score (nSPS) is 26.6. The van der Waals surface area contributed by atoms with E-state index in [1.54, 1.807) is 4.90 Å². The van der Waals surface area contributed by atoms with Gasteiger partial charge in [-0.2, -0.15) is 0 Å². The minimum Gasteiger partial charge on any atom is -0.380 e. The fourth-order valence-corrected chi connectivity index (χ4v) is 5.26. The van der Waals surface area contributed by atoms with Crippen molar-refractivity contribution in [1.82, 2.24) is 4.90 Å². The lowest BCUT2D eigenvalue weighted by Crippen LogP contribution is -2.60. The van der Waals surface area contributed by atoms with Gasteiger partial charge < -0.3 is 9.64 Å². The molecule has 1 aromatic rings. The SMILES string of the molecule is O=C(Cc1c(F)cccc1Cl)N1CCS(=O)(=O)[C@H]2COCC[C@@H]21. The van der Waals surface area contributed by atoms with Crippen LogP contribution < -0.4 is 0 Å². The zero-order valence-electron chi connectivity index (χ0n) is 12.4. The molecule has 2 aliphatic rings. The molecule has 126 valence electrons. The van der Waals surface area contributed by atoms with Crippen molar-refractivity contribution in [3.63, 3.8) is 0 Å². The fraction of sp³-hybridized carbons (Fsp3) is 0.533. The van der Waals surface area contributed by atoms with Gasteiger partial charge in [-0.3, -0.25) is 4.79 Å². The van der Waals surface area contributed by atoms with Crippen LogP contribution in [0.15, 0.2) is 18.2 Å². The third-order valence-corrected chi connectivity index (χ3v) is 6.94. The number of carbonyl (C=O) groups is 1. The Labute approximate surface area is 139 Å². The van der Waals surface area contributed by atoms with Crippen LogP contribution in [0.25, 0.3) is 0 Å². The van der Waals surface area contributed by atoms with Crippen LogP contribution >= 0.6 is 11.6 Å². The van der Waals surface area contributed by atoms with Crippen molar-refractivity contribution >= 4 is 27.3 Å². The van der Waals surface area contributed by atoms with E-state index in [1.807, 2.05) is 0 Å². The number of carbonyl (C=O) groups excluding carboxylic acids is 1. The topological polar surface area (TPSA) is 63.7 Å². The van der Waals surface area contributed by atoms with E-state index < -0.39 is 26.9 Å². The van der Waals surface area contributed by atoms with Gasteiger partial charge in [-0.05, 0) is 18.6 Å². The van der Waals surface area contributed by atoms with Crippen LogP contribution in [-0.2, 0) is 25.8 Å². The van der Waals surface area contributed by atoms with Crippen LogP contribution in [0.2, 0.25) is 5.02 Å². The Morgan fingerprint density at radius 1 is 1.43 bits per heavy atom. The second-order valence-electron chi connectivity index (χ2n) is 5.80. The summed E-state index contributed by atoms with van der Waals surface area (Å²) in [4.78, 5) is 14.2. The Kier molecular flexibility index (Phi) is 4.62. The van der Waals surface area contributed by atoms with E-state index in [-0.39, 0.29) is 41.8 Å². The predicted octanol–water partition coefficient (Wildman–Crippen LogP) is 1.44. The number of benzene rings is 1. The number of sulfone groups is 1. The van der Waals surface area contributed by atoms with Gasteiger partial charge >= 0.3 is 0 Å². The van der Waals surface area contributed by atoms with Crippen molar-refractivity contribution in [3.05, 3.63) is 34.6 Å². The number of fused-ring (bicyclic) bond motifs is 1. The van der Waals surface area contributed by atoms with Crippen molar-refractivity contribution in [1.29, 1.82) is 0 Å². The average molecular weight is 362 g/mol. The highest BCUT2D eigenvalue weighted by Crippen LogP contribution is 2.28. The molecule has 0 aliphatic carbocycles. The van der Waals surface area contributed by atoms with Crippen LogP contribution in [0.1, 0.15) is 12.0 Å². The van der Waals surface area contributed by atoms with E-state index >= 15 is 0 Å². The Balaban J connectivity index is 1.82. The molecule has 2 atom stereocenters. The number of hydrogen-bond donors (Lipinski definition) is 0. The summed E-state index contributed by atoms with van der Waals surface area (Å²) in [6, 6.07) is 3.87. The molecule has 2 saturated heterocycles. The fourth-order valence-electron chi connectivity index (χ4n) is 3.21. The average Bonchev–Trinajstić information content (AvgIpc) is 2.51. The van der Waals surface area contributed by atoms with Crippen LogP contribution in [0.4, 0.5) is 4.39 Å². The van der Waals surface area contributed by atoms with Gasteiger partial charge in [0, 0.05) is 23.7 Å². The molecule has 0 unspecified atom stereocenters. The molecule has 1 amide bonds. The molecule has 0 saturated carbocycles. The molecule has 1 aromatic carbocycles. The maximum Gasteiger partial charge on any atom is 0.227 e. The molecule has 2 heterocycles. The summed E-state index contributed by atoms with van der Waals surface area (Å²) in [5, 5.41) is -0.489. The first-order valence-corrected chi connectivity index (χ1v) is 9.51. The molecule has 2 fully saturated rings. The summed E-state index contributed by atoms with van der Waals surface area (Å²) in [5.74, 6) is -0.920. The lowest BCUT2D eigenvalue weighted by molar-refractivity contribution is -0.134. The van der Waals surface area contributed by atoms with Crippen molar-refractivity contribution in [2.75, 3.05) is 25.5 Å². The number of halogens is 2. The summed E-state index contributed by atoms with van der Waals surface area (Å²) < 4.78 is 43.4. The molecule has 0 spiro atoms. The lowest BCUT2D eigenvalue weighted by Gasteiger charge is -2.43. The maximum absolute atomic E-state index is 13.9. The standard InChI is InChI=1S/C15H17ClFNO4S/c16-11-2-1-3-12(17)10(11)8-15(19)18-5-7-23(20,21)14-9-22-6-4-13(14)18/h1-3,13-14H,4-9H2/t13-,14-/m0/s1. The minimum atomic E-state index is -3.26. The molecule has 0 radical (unpaired) electrons. The van der Waals surface area contributed by atoms with Gasteiger partial charge in [0.25, 0.3) is 0 Å². The second-order valence-corrected chi connectivity index (χ2v) is 8.55. The van der Waals surface area contributed by atoms with Crippen LogP contribution in [0, 0.1) is 5.82 Å². The zero-order valence-corrected chi connectivity index (χ0v) is 13.9. The first kappa shape index (κ1) is 16.7. The monoisotopic (exact) mass is 361 g/mol. The van der Waals surface area contributed by atoms with E-state index in [9.17, 15) is 17.6 Å². The van der Waals surface area contributed by atoms with Crippen molar-refractivity contribution < 1.29 is 22.3 Å². The van der Waals surface area contributed by atoms with Crippen LogP contribution in [0.5, 0.6) is 0 Å². The molecule has 0 bridgehead atoms. The highest BCUT2D eigenvalue weighted by molar-refractivity contribution is 7.92. The Hall–Kier alpha value is -1.18. The van der Waals surface area contributed by atoms with Gasteiger partial charge in [-0.1, -0.05) is 17.7 Å². The van der Waals surface area contributed by atoms with Crippen molar-refractivity contribution in [3.8, 4) is 0 Å². The lowest BCUT2D eigenvalue weighted by atomic mass is 10.0. The molecule has 0 N–H and O–H groups in total. The van der Waals surface area contributed by atoms with Crippen LogP contribution in [-0.4, -0.2) is 56.0 Å². The first-order valence-electron chi connectivity index (χ1n) is 7.42. The summed E-state index contributed by atoms with van der Waals surface area (Å²) in [7, 11) is -3.26. The molecule has 0 aromatic heterocycles. The molecular weight excluding hydrogens is 345 g/mol. The summed E-state index contributed by atoms with van der Waals surface area (Å²) in [6.07, 6.45) is 0.302. The molecule has 2 aliphatic heterocycles. The van der Waals surface area contributed by atoms with Gasteiger partial charge in [-0.25, -0.2) is 12.8 Å². The molecule has 8 heteroatoms. The Morgan fingerprint density at radius 3 is 2.96 bits per heavy atom. The van der Waals surface area contributed by atoms with Gasteiger partial charge in [0.2, 0.25) is 5.91 Å². The molecule has 5 nitrogen and oxygen atoms in total. The Bertz CT molecular complexity index is 704. The summed E-state index contributed by atoms with van der Waals surface area (Å²) in [5.41, 5.74) is 0.149. The quantitative estimate of drug-likeness (QED) is 0.799. The van der Waals surface area contributed by atoms with Gasteiger partial charge in [0.05, 0.1) is 24.8 Å². The number of amides is 1. The second kappa shape index (κ2) is 6.37. The predicted molar refractivity (Wildman–Crippen MR) is 83.6 cm³/mol. The summed E-state index contributed by atoms with van der Waals surface area (Å²) >= 11 is 5.97. The zero-order chi connectivity index (χ0) is 16.6. The number of nitrogens with zero attached hydrogens (tertiary/aromatic N) is 1. The molecule has 3 rings (SSSR count). The van der Waals surface area contributed by atoms with Gasteiger partial charge in [-0.15, -0.1) is 0 Å². The third-order valence-electron chi connectivity index (χ3n) is 4.46. The first-order chi connectivity index (χ1) is 10.9. The third kappa shape index (κ3) is 3.22. The largest absolute Gasteiger partial charge is 0.380 e. The number of rotatable bonds is 2. The highest BCUT2D eigenvalue weighted by atomic mass is 35.5. The van der Waals surface area contributed by atoms with E-state index in [2.05, 4.69) is 0 Å². The number of hydrogen-bond acceptors (Lipinski definition) is 4.